The van der Waals surface area contributed by atoms with Gasteiger partial charge in [-0.05, 0) is 65.2 Å². The summed E-state index contributed by atoms with van der Waals surface area (Å²) >= 11 is 0. The van der Waals surface area contributed by atoms with Crippen LogP contribution in [0.5, 0.6) is 0 Å². The molecule has 0 rings (SSSR count). The van der Waals surface area contributed by atoms with E-state index in [-0.39, 0.29) is 18.2 Å². The van der Waals surface area contributed by atoms with Crippen LogP contribution in [0.25, 0.3) is 0 Å². The maximum absolute atomic E-state index is 9.89. The van der Waals surface area contributed by atoms with E-state index < -0.39 is 12.2 Å². The van der Waals surface area contributed by atoms with Gasteiger partial charge in [0.05, 0.1) is 18.3 Å². The highest BCUT2D eigenvalue weighted by molar-refractivity contribution is 5.08. The van der Waals surface area contributed by atoms with Crippen molar-refractivity contribution in [3.8, 4) is 0 Å². The van der Waals surface area contributed by atoms with Gasteiger partial charge in [-0.1, -0.05) is 92.2 Å². The summed E-state index contributed by atoms with van der Waals surface area (Å²) in [5.74, 6) is 0. The molecule has 5 nitrogen and oxygen atoms in total. The van der Waals surface area contributed by atoms with Gasteiger partial charge >= 0.3 is 0 Å². The highest BCUT2D eigenvalue weighted by Crippen LogP contribution is 2.09. The molecule has 0 heterocycles. The Morgan fingerprint density at radius 1 is 0.571 bits per heavy atom. The Morgan fingerprint density at radius 3 is 1.74 bits per heavy atom. The average molecular weight is 489 g/mol. The Labute approximate surface area is 214 Å². The summed E-state index contributed by atoms with van der Waals surface area (Å²) in [6.45, 7) is 3.63. The van der Waals surface area contributed by atoms with Gasteiger partial charge in [-0.25, -0.2) is 0 Å². The molecule has 0 saturated carbocycles. The van der Waals surface area contributed by atoms with Gasteiger partial charge in [-0.2, -0.15) is 0 Å². The van der Waals surface area contributed by atoms with Crippen LogP contribution in [0.2, 0.25) is 0 Å². The van der Waals surface area contributed by atoms with Gasteiger partial charge in [0.25, 0.3) is 0 Å². The van der Waals surface area contributed by atoms with Crippen LogP contribution in [0.4, 0.5) is 0 Å². The molecule has 5 atom stereocenters. The van der Waals surface area contributed by atoms with E-state index in [1.54, 1.807) is 13.0 Å². The summed E-state index contributed by atoms with van der Waals surface area (Å²) in [5.41, 5.74) is 11.3. The summed E-state index contributed by atoms with van der Waals surface area (Å²) < 4.78 is 0. The van der Waals surface area contributed by atoms with E-state index in [1.165, 1.54) is 12.8 Å². The van der Waals surface area contributed by atoms with E-state index in [4.69, 9.17) is 11.5 Å². The minimum Gasteiger partial charge on any atom is -0.392 e. The van der Waals surface area contributed by atoms with Gasteiger partial charge in [0.2, 0.25) is 0 Å². The second-order valence-corrected chi connectivity index (χ2v) is 9.29. The van der Waals surface area contributed by atoms with Crippen LogP contribution in [-0.4, -0.2) is 45.7 Å². The number of aliphatic hydroxyl groups excluding tert-OH is 3. The smallest absolute Gasteiger partial charge is 0.0758 e. The molecule has 5 unspecified atom stereocenters. The van der Waals surface area contributed by atoms with Gasteiger partial charge in [0, 0.05) is 12.1 Å². The van der Waals surface area contributed by atoms with Crippen LogP contribution >= 0.6 is 0 Å². The molecule has 200 valence electrons. The zero-order valence-electron chi connectivity index (χ0n) is 22.1. The van der Waals surface area contributed by atoms with Crippen molar-refractivity contribution in [1.82, 2.24) is 0 Å². The lowest BCUT2D eigenvalue weighted by molar-refractivity contribution is 0.138. The summed E-state index contributed by atoms with van der Waals surface area (Å²) in [6, 6.07) is -0.369. The molecule has 0 radical (unpaired) electrons. The number of nitrogens with two attached hydrogens (primary N) is 2. The first kappa shape index (κ1) is 33.2. The molecule has 0 saturated heterocycles. The van der Waals surface area contributed by atoms with Crippen molar-refractivity contribution in [1.29, 1.82) is 0 Å². The van der Waals surface area contributed by atoms with Crippen molar-refractivity contribution in [2.24, 2.45) is 11.5 Å². The van der Waals surface area contributed by atoms with Crippen molar-refractivity contribution in [3.05, 3.63) is 72.9 Å². The van der Waals surface area contributed by atoms with E-state index >= 15 is 0 Å². The molecule has 0 aliphatic heterocycles. The molecule has 0 aliphatic carbocycles. The van der Waals surface area contributed by atoms with Crippen LogP contribution in [0, 0.1) is 0 Å². The second kappa shape index (κ2) is 24.0. The van der Waals surface area contributed by atoms with Gasteiger partial charge in [0.15, 0.2) is 0 Å². The Bertz CT molecular complexity index is 648. The van der Waals surface area contributed by atoms with E-state index in [0.29, 0.717) is 12.8 Å². The van der Waals surface area contributed by atoms with Crippen LogP contribution in [0.1, 0.15) is 84.5 Å². The molecular formula is C30H52N2O3. The first-order valence-corrected chi connectivity index (χ1v) is 13.3. The fraction of sp³-hybridized carbons (Fsp3) is 0.600. The van der Waals surface area contributed by atoms with Crippen molar-refractivity contribution in [3.63, 3.8) is 0 Å². The maximum Gasteiger partial charge on any atom is 0.0758 e. The molecule has 0 aromatic heterocycles. The third kappa shape index (κ3) is 23.7. The molecule has 0 aliphatic rings. The van der Waals surface area contributed by atoms with Crippen LogP contribution in [-0.2, 0) is 0 Å². The highest BCUT2D eigenvalue weighted by Gasteiger charge is 2.08. The summed E-state index contributed by atoms with van der Waals surface area (Å²) in [6.07, 6.45) is 33.5. The fourth-order valence-corrected chi connectivity index (χ4v) is 3.18. The number of allylic oxidation sites excluding steroid dienone is 9. The molecule has 0 fully saturated rings. The summed E-state index contributed by atoms with van der Waals surface area (Å²) in [7, 11) is 0. The first-order valence-electron chi connectivity index (χ1n) is 13.3. The Hall–Kier alpha value is -1.76. The molecule has 7 N–H and O–H groups in total. The third-order valence-electron chi connectivity index (χ3n) is 5.65. The third-order valence-corrected chi connectivity index (χ3v) is 5.65. The Balaban J connectivity index is 3.66. The molecule has 0 spiro atoms. The molecular weight excluding hydrogens is 436 g/mol. The van der Waals surface area contributed by atoms with Crippen LogP contribution < -0.4 is 11.5 Å². The molecule has 35 heavy (non-hydrogen) atoms. The number of rotatable bonds is 21. The standard InChI is InChI=1S/C30H52N2O3/c1-26(31)29(34)24-19-17-15-13-11-9-7-5-3-4-6-8-10-12-14-16-18-22-28(33)23-20-21-25-30(35)27(2)32/h3-4,7-10,14,16,18,20-22,26-30,33-35H,5-6,11-13,15,17,19,23-25,31-32H2,1-2H3/b4-3+,9-7+,10-8+,16-14+,21-20+,22-18+. The van der Waals surface area contributed by atoms with Gasteiger partial charge in [-0.15, -0.1) is 0 Å². The highest BCUT2D eigenvalue weighted by atomic mass is 16.3. The number of unbranched alkanes of at least 4 members (excludes halogenated alkanes) is 4. The van der Waals surface area contributed by atoms with Crippen molar-refractivity contribution >= 4 is 0 Å². The van der Waals surface area contributed by atoms with E-state index in [9.17, 15) is 15.3 Å². The average Bonchev–Trinajstić information content (AvgIpc) is 2.82. The normalized spacial score (nSPS) is 17.6. The first-order chi connectivity index (χ1) is 16.8. The van der Waals surface area contributed by atoms with Crippen LogP contribution in [0.3, 0.4) is 0 Å². The minimum absolute atomic E-state index is 0.125. The number of hydrogen-bond acceptors (Lipinski definition) is 5. The monoisotopic (exact) mass is 488 g/mol. The summed E-state index contributed by atoms with van der Waals surface area (Å²) in [4.78, 5) is 0. The predicted molar refractivity (Wildman–Crippen MR) is 151 cm³/mol. The lowest BCUT2D eigenvalue weighted by Gasteiger charge is -2.13. The second-order valence-electron chi connectivity index (χ2n) is 9.29. The van der Waals surface area contributed by atoms with Gasteiger partial charge in [-0.3, -0.25) is 0 Å². The molecule has 0 aromatic carbocycles. The topological polar surface area (TPSA) is 113 Å². The summed E-state index contributed by atoms with van der Waals surface area (Å²) in [5, 5.41) is 29.2. The predicted octanol–water partition coefficient (Wildman–Crippen LogP) is 5.39. The Kier molecular flexibility index (Phi) is 22.8. The number of aliphatic hydroxyl groups is 3. The van der Waals surface area contributed by atoms with Gasteiger partial charge < -0.3 is 26.8 Å². The largest absolute Gasteiger partial charge is 0.392 e. The molecule has 0 bridgehead atoms. The maximum atomic E-state index is 9.89. The fourth-order valence-electron chi connectivity index (χ4n) is 3.18. The van der Waals surface area contributed by atoms with E-state index in [1.807, 2.05) is 31.2 Å². The SMILES string of the molecule is CC(N)C(O)C/C=C/CC(O)/C=C/C=C/C/C=C/C/C=C/C/C=C/CCCCCCC(O)C(C)N. The minimum atomic E-state index is -0.535. The zero-order chi connectivity index (χ0) is 26.2. The molecule has 5 heteroatoms. The lowest BCUT2D eigenvalue weighted by Crippen LogP contribution is -2.31. The van der Waals surface area contributed by atoms with Gasteiger partial charge in [0.1, 0.15) is 0 Å². The Morgan fingerprint density at radius 2 is 1.11 bits per heavy atom. The molecule has 0 aromatic rings. The van der Waals surface area contributed by atoms with E-state index in [0.717, 1.165) is 44.9 Å². The van der Waals surface area contributed by atoms with E-state index in [2.05, 4.69) is 42.5 Å². The van der Waals surface area contributed by atoms with Crippen molar-refractivity contribution in [2.45, 2.75) is 115 Å². The zero-order valence-corrected chi connectivity index (χ0v) is 22.1. The van der Waals surface area contributed by atoms with Crippen LogP contribution in [0.15, 0.2) is 72.9 Å². The molecule has 0 amide bonds. The quantitative estimate of drug-likeness (QED) is 0.0844. The van der Waals surface area contributed by atoms with Crippen molar-refractivity contribution < 1.29 is 15.3 Å². The lowest BCUT2D eigenvalue weighted by atomic mass is 10.0. The van der Waals surface area contributed by atoms with Crippen molar-refractivity contribution in [2.75, 3.05) is 0 Å². The number of hydrogen-bond donors (Lipinski definition) is 5.